The molecule has 3 heteroatoms. The molecule has 0 aromatic carbocycles. The minimum atomic E-state index is 0.767. The molecule has 1 aliphatic rings. The Labute approximate surface area is 107 Å². The van der Waals surface area contributed by atoms with E-state index in [0.717, 1.165) is 35.2 Å². The van der Waals surface area contributed by atoms with E-state index in [0.29, 0.717) is 0 Å². The molecular formula is C13H20ClNS. The highest BCUT2D eigenvalue weighted by Crippen LogP contribution is 2.33. The predicted octanol–water partition coefficient (Wildman–Crippen LogP) is 3.97. The molecule has 0 saturated heterocycles. The fraction of sp³-hybridized carbons (Fsp3) is 0.692. The van der Waals surface area contributed by atoms with Crippen molar-refractivity contribution in [3.05, 3.63) is 21.3 Å². The molecule has 2 rings (SSSR count). The van der Waals surface area contributed by atoms with Crippen molar-refractivity contribution in [3.63, 3.8) is 0 Å². The van der Waals surface area contributed by atoms with Crippen LogP contribution in [-0.4, -0.2) is 12.6 Å². The van der Waals surface area contributed by atoms with Gasteiger partial charge in [0.15, 0.2) is 0 Å². The summed E-state index contributed by atoms with van der Waals surface area (Å²) in [6.07, 6.45) is 3.84. The Bertz CT molecular complexity index is 328. The molecule has 0 radical (unpaired) electrons. The molecule has 16 heavy (non-hydrogen) atoms. The van der Waals surface area contributed by atoms with E-state index >= 15 is 0 Å². The van der Waals surface area contributed by atoms with E-state index in [2.05, 4.69) is 25.2 Å². The summed E-state index contributed by atoms with van der Waals surface area (Å²) in [5, 5.41) is 3.63. The van der Waals surface area contributed by atoms with Crippen LogP contribution in [0.3, 0.4) is 0 Å². The summed E-state index contributed by atoms with van der Waals surface area (Å²) in [6.45, 7) is 5.75. The van der Waals surface area contributed by atoms with Crippen molar-refractivity contribution in [2.45, 2.75) is 39.2 Å². The maximum Gasteiger partial charge on any atom is 0.0931 e. The topological polar surface area (TPSA) is 12.0 Å². The highest BCUT2D eigenvalue weighted by atomic mass is 35.5. The van der Waals surface area contributed by atoms with Gasteiger partial charge in [-0.1, -0.05) is 25.4 Å². The molecule has 0 spiro atoms. The highest BCUT2D eigenvalue weighted by molar-refractivity contribution is 7.16. The first-order valence-electron chi connectivity index (χ1n) is 6.12. The lowest BCUT2D eigenvalue weighted by Crippen LogP contribution is -2.43. The lowest BCUT2D eigenvalue weighted by Gasteiger charge is -2.38. The number of hydrogen-bond acceptors (Lipinski definition) is 2. The van der Waals surface area contributed by atoms with Gasteiger partial charge in [-0.15, -0.1) is 11.3 Å². The number of rotatable bonds is 5. The van der Waals surface area contributed by atoms with Crippen LogP contribution in [0.4, 0.5) is 0 Å². The van der Waals surface area contributed by atoms with E-state index in [1.807, 2.05) is 6.07 Å². The van der Waals surface area contributed by atoms with Gasteiger partial charge in [0, 0.05) is 17.5 Å². The van der Waals surface area contributed by atoms with Crippen LogP contribution in [0.15, 0.2) is 12.1 Å². The summed E-state index contributed by atoms with van der Waals surface area (Å²) in [5.74, 6) is 1.81. The highest BCUT2D eigenvalue weighted by Gasteiger charge is 2.30. The van der Waals surface area contributed by atoms with Crippen molar-refractivity contribution in [1.29, 1.82) is 0 Å². The quantitative estimate of drug-likeness (QED) is 0.842. The van der Waals surface area contributed by atoms with Crippen LogP contribution in [0, 0.1) is 11.8 Å². The van der Waals surface area contributed by atoms with E-state index in [-0.39, 0.29) is 0 Å². The molecule has 0 bridgehead atoms. The third-order valence-corrected chi connectivity index (χ3v) is 4.84. The molecule has 1 N–H and O–H groups in total. The first kappa shape index (κ1) is 12.4. The first-order valence-corrected chi connectivity index (χ1v) is 7.32. The van der Waals surface area contributed by atoms with Crippen molar-refractivity contribution in [2.24, 2.45) is 11.8 Å². The molecule has 1 aromatic heterocycles. The van der Waals surface area contributed by atoms with Crippen molar-refractivity contribution in [2.75, 3.05) is 6.54 Å². The van der Waals surface area contributed by atoms with Crippen LogP contribution >= 0.6 is 22.9 Å². The Morgan fingerprint density at radius 1 is 1.44 bits per heavy atom. The molecule has 1 saturated carbocycles. The predicted molar refractivity (Wildman–Crippen MR) is 72.4 cm³/mol. The molecule has 0 atom stereocenters. The van der Waals surface area contributed by atoms with Gasteiger partial charge in [-0.2, -0.15) is 0 Å². The molecule has 0 aliphatic heterocycles. The third-order valence-electron chi connectivity index (χ3n) is 3.55. The minimum absolute atomic E-state index is 0.767. The van der Waals surface area contributed by atoms with Crippen LogP contribution in [0.2, 0.25) is 4.34 Å². The first-order chi connectivity index (χ1) is 7.65. The smallest absolute Gasteiger partial charge is 0.0931 e. The average molecular weight is 258 g/mol. The van der Waals surface area contributed by atoms with Gasteiger partial charge < -0.3 is 5.32 Å². The molecule has 0 amide bonds. The SMILES string of the molecule is CC(C)C1CC(NCCc2ccc(Cl)s2)C1. The fourth-order valence-corrected chi connectivity index (χ4v) is 3.35. The molecular weight excluding hydrogens is 238 g/mol. The van der Waals surface area contributed by atoms with Gasteiger partial charge in [-0.3, -0.25) is 0 Å². The van der Waals surface area contributed by atoms with Gasteiger partial charge in [0.2, 0.25) is 0 Å². The Morgan fingerprint density at radius 2 is 2.19 bits per heavy atom. The minimum Gasteiger partial charge on any atom is -0.314 e. The van der Waals surface area contributed by atoms with Crippen molar-refractivity contribution in [3.8, 4) is 0 Å². The van der Waals surface area contributed by atoms with Gasteiger partial charge in [-0.05, 0) is 43.2 Å². The Morgan fingerprint density at radius 3 is 2.75 bits per heavy atom. The Balaban J connectivity index is 1.60. The normalized spacial score (nSPS) is 24.8. The summed E-state index contributed by atoms with van der Waals surface area (Å²) < 4.78 is 0.901. The monoisotopic (exact) mass is 257 g/mol. The summed E-state index contributed by atoms with van der Waals surface area (Å²) in [6, 6.07) is 4.88. The largest absolute Gasteiger partial charge is 0.314 e. The molecule has 1 aromatic rings. The number of halogens is 1. The molecule has 1 nitrogen and oxygen atoms in total. The fourth-order valence-electron chi connectivity index (χ4n) is 2.26. The lowest BCUT2D eigenvalue weighted by atomic mass is 9.74. The van der Waals surface area contributed by atoms with E-state index < -0.39 is 0 Å². The van der Waals surface area contributed by atoms with Gasteiger partial charge in [0.1, 0.15) is 0 Å². The second-order valence-electron chi connectivity index (χ2n) is 5.08. The van der Waals surface area contributed by atoms with Gasteiger partial charge >= 0.3 is 0 Å². The van der Waals surface area contributed by atoms with Gasteiger partial charge in [0.25, 0.3) is 0 Å². The zero-order valence-corrected chi connectivity index (χ0v) is 11.6. The van der Waals surface area contributed by atoms with Gasteiger partial charge in [-0.25, -0.2) is 0 Å². The lowest BCUT2D eigenvalue weighted by molar-refractivity contribution is 0.169. The number of thiophene rings is 1. The zero-order chi connectivity index (χ0) is 11.5. The van der Waals surface area contributed by atoms with Crippen LogP contribution in [0.5, 0.6) is 0 Å². The van der Waals surface area contributed by atoms with E-state index in [1.54, 1.807) is 11.3 Å². The summed E-state index contributed by atoms with van der Waals surface area (Å²) in [7, 11) is 0. The van der Waals surface area contributed by atoms with E-state index in [4.69, 9.17) is 11.6 Å². The molecule has 1 heterocycles. The van der Waals surface area contributed by atoms with E-state index in [1.165, 1.54) is 17.7 Å². The molecule has 90 valence electrons. The average Bonchev–Trinajstić information content (AvgIpc) is 2.54. The molecule has 1 fully saturated rings. The van der Waals surface area contributed by atoms with Crippen molar-refractivity contribution < 1.29 is 0 Å². The Kier molecular flexibility index (Phi) is 4.28. The Hall–Kier alpha value is -0.0500. The number of nitrogens with one attached hydrogen (secondary N) is 1. The van der Waals surface area contributed by atoms with E-state index in [9.17, 15) is 0 Å². The zero-order valence-electron chi connectivity index (χ0n) is 10.0. The van der Waals surface area contributed by atoms with Gasteiger partial charge in [0.05, 0.1) is 4.34 Å². The summed E-state index contributed by atoms with van der Waals surface area (Å²) in [4.78, 5) is 1.39. The standard InChI is InChI=1S/C13H20ClNS/c1-9(2)10-7-11(8-10)15-6-5-12-3-4-13(14)16-12/h3-4,9-11,15H,5-8H2,1-2H3. The molecule has 0 unspecified atom stereocenters. The van der Waals surface area contributed by atoms with Crippen molar-refractivity contribution >= 4 is 22.9 Å². The second kappa shape index (κ2) is 5.52. The second-order valence-corrected chi connectivity index (χ2v) is 6.88. The summed E-state index contributed by atoms with van der Waals surface area (Å²) >= 11 is 7.59. The maximum atomic E-state index is 5.89. The van der Waals surface area contributed by atoms with Crippen LogP contribution < -0.4 is 5.32 Å². The summed E-state index contributed by atoms with van der Waals surface area (Å²) in [5.41, 5.74) is 0. The number of hydrogen-bond donors (Lipinski definition) is 1. The van der Waals surface area contributed by atoms with Crippen LogP contribution in [-0.2, 0) is 6.42 Å². The van der Waals surface area contributed by atoms with Crippen LogP contribution in [0.25, 0.3) is 0 Å². The third kappa shape index (κ3) is 3.22. The maximum absolute atomic E-state index is 5.89. The molecule has 1 aliphatic carbocycles. The van der Waals surface area contributed by atoms with Crippen LogP contribution in [0.1, 0.15) is 31.6 Å². The van der Waals surface area contributed by atoms with Crippen molar-refractivity contribution in [1.82, 2.24) is 5.32 Å².